The summed E-state index contributed by atoms with van der Waals surface area (Å²) >= 11 is 0. The molecule has 0 unspecified atom stereocenters. The van der Waals surface area contributed by atoms with Gasteiger partial charge in [-0.1, -0.05) is 113 Å². The first kappa shape index (κ1) is 26.5. The van der Waals surface area contributed by atoms with Crippen LogP contribution in [0.15, 0.2) is 133 Å². The third kappa shape index (κ3) is 4.17. The van der Waals surface area contributed by atoms with Gasteiger partial charge in [0.25, 0.3) is 0 Å². The van der Waals surface area contributed by atoms with E-state index in [0.29, 0.717) is 0 Å². The van der Waals surface area contributed by atoms with E-state index in [4.69, 9.17) is 9.47 Å². The van der Waals surface area contributed by atoms with Gasteiger partial charge < -0.3 is 9.47 Å². The van der Waals surface area contributed by atoms with E-state index in [1.165, 1.54) is 55.6 Å². The minimum atomic E-state index is -0.229. The van der Waals surface area contributed by atoms with Crippen LogP contribution in [0.2, 0.25) is 0 Å². The first-order chi connectivity index (χ1) is 21.3. The molecule has 0 saturated heterocycles. The van der Waals surface area contributed by atoms with Gasteiger partial charge in [0, 0.05) is 33.1 Å². The van der Waals surface area contributed by atoms with Crippen molar-refractivity contribution in [3.8, 4) is 56.4 Å². The Kier molecular flexibility index (Phi) is 5.86. The summed E-state index contributed by atoms with van der Waals surface area (Å²) in [6, 6.07) is 47.5. The topological polar surface area (TPSA) is 18.5 Å². The standard InChI is InChI=1S/C42H34O2/c1-41(2)33-23-29(27-11-7-5-8-12-27)15-19-37(33)43-39-21-17-31(25-35(39)41)32-18-22-40-36(26-32)42(3,4)34-24-30(16-20-38(34)44-40)28-13-9-6-10-14-28/h5-26H,1-4H3. The maximum absolute atomic E-state index is 6.49. The van der Waals surface area contributed by atoms with E-state index in [1.807, 2.05) is 0 Å². The van der Waals surface area contributed by atoms with Crippen molar-refractivity contribution in [2.45, 2.75) is 38.5 Å². The van der Waals surface area contributed by atoms with Gasteiger partial charge in [-0.15, -0.1) is 0 Å². The molecular weight excluding hydrogens is 536 g/mol. The Bertz CT molecular complexity index is 1900. The van der Waals surface area contributed by atoms with E-state index in [0.717, 1.165) is 23.0 Å². The molecule has 0 amide bonds. The fourth-order valence-corrected chi connectivity index (χ4v) is 6.94. The molecule has 6 aromatic carbocycles. The fourth-order valence-electron chi connectivity index (χ4n) is 6.94. The van der Waals surface area contributed by atoms with Crippen LogP contribution in [0.1, 0.15) is 49.9 Å². The quantitative estimate of drug-likeness (QED) is 0.211. The third-order valence-corrected chi connectivity index (χ3v) is 9.60. The molecule has 0 saturated carbocycles. The summed E-state index contributed by atoms with van der Waals surface area (Å²) in [4.78, 5) is 0. The molecule has 0 aromatic heterocycles. The molecule has 44 heavy (non-hydrogen) atoms. The lowest BCUT2D eigenvalue weighted by molar-refractivity contribution is 0.417. The lowest BCUT2D eigenvalue weighted by Crippen LogP contribution is -2.25. The van der Waals surface area contributed by atoms with Crippen LogP contribution in [0.3, 0.4) is 0 Å². The summed E-state index contributed by atoms with van der Waals surface area (Å²) in [5, 5.41) is 0. The second kappa shape index (κ2) is 9.72. The van der Waals surface area contributed by atoms with Gasteiger partial charge in [0.15, 0.2) is 0 Å². The molecule has 0 spiro atoms. The monoisotopic (exact) mass is 570 g/mol. The molecule has 2 heteroatoms. The van der Waals surface area contributed by atoms with Crippen LogP contribution in [0.25, 0.3) is 33.4 Å². The Balaban J connectivity index is 1.17. The highest BCUT2D eigenvalue weighted by Gasteiger charge is 2.37. The van der Waals surface area contributed by atoms with Crippen LogP contribution in [0.4, 0.5) is 0 Å². The van der Waals surface area contributed by atoms with E-state index in [2.05, 4.69) is 161 Å². The van der Waals surface area contributed by atoms with Gasteiger partial charge in [0.1, 0.15) is 23.0 Å². The summed E-state index contributed by atoms with van der Waals surface area (Å²) in [6.07, 6.45) is 0. The molecule has 0 bridgehead atoms. The van der Waals surface area contributed by atoms with E-state index in [9.17, 15) is 0 Å². The number of fused-ring (bicyclic) bond motifs is 4. The van der Waals surface area contributed by atoms with Gasteiger partial charge in [0.2, 0.25) is 0 Å². The Morgan fingerprint density at radius 2 is 0.591 bits per heavy atom. The first-order valence-corrected chi connectivity index (χ1v) is 15.3. The van der Waals surface area contributed by atoms with Gasteiger partial charge in [-0.05, 0) is 81.9 Å². The van der Waals surface area contributed by atoms with Gasteiger partial charge in [0.05, 0.1) is 0 Å². The number of hydrogen-bond donors (Lipinski definition) is 0. The zero-order valence-corrected chi connectivity index (χ0v) is 25.5. The van der Waals surface area contributed by atoms with Crippen LogP contribution < -0.4 is 9.47 Å². The molecule has 0 N–H and O–H groups in total. The molecule has 0 atom stereocenters. The lowest BCUT2D eigenvalue weighted by Gasteiger charge is -2.36. The Morgan fingerprint density at radius 1 is 0.318 bits per heavy atom. The maximum atomic E-state index is 6.49. The van der Waals surface area contributed by atoms with E-state index in [1.54, 1.807) is 0 Å². The zero-order chi connectivity index (χ0) is 30.1. The molecule has 0 aliphatic carbocycles. The van der Waals surface area contributed by atoms with Gasteiger partial charge >= 0.3 is 0 Å². The van der Waals surface area contributed by atoms with Crippen LogP contribution >= 0.6 is 0 Å². The Morgan fingerprint density at radius 3 is 0.886 bits per heavy atom. The van der Waals surface area contributed by atoms with Crippen molar-refractivity contribution in [2.75, 3.05) is 0 Å². The van der Waals surface area contributed by atoms with Gasteiger partial charge in [-0.25, -0.2) is 0 Å². The van der Waals surface area contributed by atoms with Crippen molar-refractivity contribution in [3.05, 3.63) is 156 Å². The number of ether oxygens (including phenoxy) is 2. The normalized spacial score (nSPS) is 15.1. The van der Waals surface area contributed by atoms with Crippen molar-refractivity contribution in [3.63, 3.8) is 0 Å². The predicted molar refractivity (Wildman–Crippen MR) is 180 cm³/mol. The Labute approximate surface area is 259 Å². The van der Waals surface area contributed by atoms with Gasteiger partial charge in [-0.3, -0.25) is 0 Å². The molecule has 2 aliphatic heterocycles. The smallest absolute Gasteiger partial charge is 0.131 e. The highest BCUT2D eigenvalue weighted by molar-refractivity contribution is 5.75. The summed E-state index contributed by atoms with van der Waals surface area (Å²) in [5.74, 6) is 3.69. The Hall–Kier alpha value is -5.08. The van der Waals surface area contributed by atoms with Crippen molar-refractivity contribution >= 4 is 0 Å². The largest absolute Gasteiger partial charge is 0.457 e. The third-order valence-electron chi connectivity index (χ3n) is 9.60. The SMILES string of the molecule is CC1(C)c2cc(-c3ccccc3)ccc2Oc2ccc(-c3ccc4c(c3)C(C)(C)c3cc(-c5ccccc5)ccc3O4)cc21. The fraction of sp³-hybridized carbons (Fsp3) is 0.143. The maximum Gasteiger partial charge on any atom is 0.131 e. The molecule has 2 aliphatic rings. The summed E-state index contributed by atoms with van der Waals surface area (Å²) < 4.78 is 13.0. The van der Waals surface area contributed by atoms with Crippen LogP contribution in [0, 0.1) is 0 Å². The summed E-state index contributed by atoms with van der Waals surface area (Å²) in [5.41, 5.74) is 11.5. The summed E-state index contributed by atoms with van der Waals surface area (Å²) in [6.45, 7) is 9.21. The van der Waals surface area contributed by atoms with Crippen molar-refractivity contribution in [2.24, 2.45) is 0 Å². The molecular formula is C42H34O2. The second-order valence-electron chi connectivity index (χ2n) is 13.0. The molecule has 6 aromatic rings. The number of hydrogen-bond acceptors (Lipinski definition) is 2. The minimum absolute atomic E-state index is 0.229. The average Bonchev–Trinajstić information content (AvgIpc) is 3.05. The van der Waals surface area contributed by atoms with E-state index < -0.39 is 0 Å². The molecule has 8 rings (SSSR count). The molecule has 0 radical (unpaired) electrons. The van der Waals surface area contributed by atoms with Crippen LogP contribution in [0.5, 0.6) is 23.0 Å². The highest BCUT2D eigenvalue weighted by Crippen LogP contribution is 2.52. The highest BCUT2D eigenvalue weighted by atomic mass is 16.5. The van der Waals surface area contributed by atoms with Crippen molar-refractivity contribution < 1.29 is 9.47 Å². The minimum Gasteiger partial charge on any atom is -0.457 e. The second-order valence-corrected chi connectivity index (χ2v) is 13.0. The van der Waals surface area contributed by atoms with E-state index in [-0.39, 0.29) is 10.8 Å². The average molecular weight is 571 g/mol. The zero-order valence-electron chi connectivity index (χ0n) is 25.5. The van der Waals surface area contributed by atoms with Gasteiger partial charge in [-0.2, -0.15) is 0 Å². The lowest BCUT2D eigenvalue weighted by atomic mass is 9.73. The van der Waals surface area contributed by atoms with E-state index >= 15 is 0 Å². The molecule has 0 fully saturated rings. The van der Waals surface area contributed by atoms with Crippen molar-refractivity contribution in [1.82, 2.24) is 0 Å². The molecule has 2 heterocycles. The number of benzene rings is 6. The predicted octanol–water partition coefficient (Wildman–Crippen LogP) is 11.6. The van der Waals surface area contributed by atoms with Crippen LogP contribution in [-0.2, 0) is 10.8 Å². The molecule has 214 valence electrons. The van der Waals surface area contributed by atoms with Crippen LogP contribution in [-0.4, -0.2) is 0 Å². The number of rotatable bonds is 3. The van der Waals surface area contributed by atoms with Crippen molar-refractivity contribution in [1.29, 1.82) is 0 Å². The molecule has 2 nitrogen and oxygen atoms in total. The first-order valence-electron chi connectivity index (χ1n) is 15.3. The summed E-state index contributed by atoms with van der Waals surface area (Å²) in [7, 11) is 0.